The molecule has 0 aliphatic carbocycles. The number of likely N-dealkylation sites (tertiary alicyclic amines) is 1. The van der Waals surface area contributed by atoms with Crippen molar-refractivity contribution >= 4 is 11.7 Å². The minimum Gasteiger partial charge on any atom is -0.379 e. The van der Waals surface area contributed by atoms with E-state index in [2.05, 4.69) is 27.2 Å². The van der Waals surface area contributed by atoms with Crippen LogP contribution in [0.1, 0.15) is 41.3 Å². The standard InChI is InChI=1S/C30H37F3N6O2/c1-21-5-7-25(23-17-36-38(20-23)11-10-37-12-14-41-15-13-37)26(16-21)29(40)39-9-3-4-22(2)27(39)19-35-28-8-6-24(18-34-28)30(31,32)33/h5-8,16-18,20,22,27H,3-4,9-15,19H2,1-2H3,(H,34,35)/t22-,27-/m0/s1. The van der Waals surface area contributed by atoms with E-state index in [0.29, 0.717) is 24.5 Å². The van der Waals surface area contributed by atoms with E-state index in [0.717, 1.165) is 81.2 Å². The molecule has 0 saturated carbocycles. The Balaban J connectivity index is 1.31. The number of rotatable bonds is 8. The number of nitrogens with one attached hydrogen (secondary N) is 1. The van der Waals surface area contributed by atoms with E-state index in [1.54, 1.807) is 0 Å². The molecule has 0 spiro atoms. The van der Waals surface area contributed by atoms with E-state index < -0.39 is 11.7 Å². The molecule has 8 nitrogen and oxygen atoms in total. The van der Waals surface area contributed by atoms with Crippen LogP contribution in [0.25, 0.3) is 11.1 Å². The summed E-state index contributed by atoms with van der Waals surface area (Å²) in [5.41, 5.74) is 2.56. The average molecular weight is 571 g/mol. The molecule has 0 bridgehead atoms. The number of halogens is 3. The van der Waals surface area contributed by atoms with Crippen LogP contribution in [0, 0.1) is 12.8 Å². The van der Waals surface area contributed by atoms with Gasteiger partial charge in [-0.25, -0.2) is 4.98 Å². The van der Waals surface area contributed by atoms with Crippen molar-refractivity contribution in [2.75, 3.05) is 51.3 Å². The number of pyridine rings is 1. The van der Waals surface area contributed by atoms with Gasteiger partial charge in [0.1, 0.15) is 5.82 Å². The van der Waals surface area contributed by atoms with Gasteiger partial charge in [0.2, 0.25) is 0 Å². The molecule has 4 heterocycles. The van der Waals surface area contributed by atoms with Crippen molar-refractivity contribution in [1.82, 2.24) is 24.6 Å². The molecule has 2 saturated heterocycles. The van der Waals surface area contributed by atoms with Gasteiger partial charge in [0.05, 0.1) is 37.6 Å². The molecule has 1 N–H and O–H groups in total. The highest BCUT2D eigenvalue weighted by atomic mass is 19.4. The molecule has 0 unspecified atom stereocenters. The first-order valence-electron chi connectivity index (χ1n) is 14.2. The van der Waals surface area contributed by atoms with Gasteiger partial charge in [-0.1, -0.05) is 24.6 Å². The zero-order valence-electron chi connectivity index (χ0n) is 23.5. The Morgan fingerprint density at radius 2 is 1.90 bits per heavy atom. The molecule has 0 radical (unpaired) electrons. The van der Waals surface area contributed by atoms with Gasteiger partial charge in [-0.2, -0.15) is 18.3 Å². The van der Waals surface area contributed by atoms with E-state index in [-0.39, 0.29) is 17.9 Å². The Morgan fingerprint density at radius 3 is 2.63 bits per heavy atom. The fourth-order valence-corrected chi connectivity index (χ4v) is 5.62. The second-order valence-corrected chi connectivity index (χ2v) is 11.0. The van der Waals surface area contributed by atoms with Crippen LogP contribution in [-0.2, 0) is 17.5 Å². The predicted molar refractivity (Wildman–Crippen MR) is 151 cm³/mol. The van der Waals surface area contributed by atoms with Gasteiger partial charge in [0.15, 0.2) is 0 Å². The number of piperidine rings is 1. The predicted octanol–water partition coefficient (Wildman–Crippen LogP) is 4.96. The van der Waals surface area contributed by atoms with Crippen molar-refractivity contribution in [3.63, 3.8) is 0 Å². The molecule has 2 aromatic heterocycles. The zero-order chi connectivity index (χ0) is 29.0. The maximum Gasteiger partial charge on any atom is 0.417 e. The first-order valence-corrected chi connectivity index (χ1v) is 14.2. The number of anilines is 1. The molecule has 1 amide bonds. The summed E-state index contributed by atoms with van der Waals surface area (Å²) < 4.78 is 46.2. The first kappa shape index (κ1) is 29.1. The van der Waals surface area contributed by atoms with Crippen LogP contribution in [0.3, 0.4) is 0 Å². The number of nitrogens with zero attached hydrogens (tertiary/aromatic N) is 5. The third-order valence-electron chi connectivity index (χ3n) is 8.06. The van der Waals surface area contributed by atoms with Crippen LogP contribution < -0.4 is 5.32 Å². The van der Waals surface area contributed by atoms with Gasteiger partial charge in [-0.3, -0.25) is 14.4 Å². The molecule has 2 aliphatic rings. The largest absolute Gasteiger partial charge is 0.417 e. The number of carbonyl (C=O) groups is 1. The minimum atomic E-state index is -4.43. The molecular formula is C30H37F3N6O2. The van der Waals surface area contributed by atoms with Gasteiger partial charge < -0.3 is 15.0 Å². The summed E-state index contributed by atoms with van der Waals surface area (Å²) in [6, 6.07) is 8.14. The maximum atomic E-state index is 14.1. The Hall–Kier alpha value is -3.44. The van der Waals surface area contributed by atoms with Crippen molar-refractivity contribution in [1.29, 1.82) is 0 Å². The Labute approximate surface area is 238 Å². The first-order chi connectivity index (χ1) is 19.7. The molecule has 2 aliphatic heterocycles. The minimum absolute atomic E-state index is 0.0523. The van der Waals surface area contributed by atoms with Crippen molar-refractivity contribution in [2.24, 2.45) is 5.92 Å². The summed E-state index contributed by atoms with van der Waals surface area (Å²) >= 11 is 0. The lowest BCUT2D eigenvalue weighted by Gasteiger charge is -2.40. The average Bonchev–Trinajstić information content (AvgIpc) is 3.44. The van der Waals surface area contributed by atoms with Crippen LogP contribution >= 0.6 is 0 Å². The fourth-order valence-electron chi connectivity index (χ4n) is 5.62. The van der Waals surface area contributed by atoms with E-state index in [4.69, 9.17) is 4.74 Å². The molecule has 41 heavy (non-hydrogen) atoms. The smallest absolute Gasteiger partial charge is 0.379 e. The van der Waals surface area contributed by atoms with Gasteiger partial charge in [-0.15, -0.1) is 0 Å². The lowest BCUT2D eigenvalue weighted by Crippen LogP contribution is -2.51. The summed E-state index contributed by atoms with van der Waals surface area (Å²) in [7, 11) is 0. The van der Waals surface area contributed by atoms with Crippen molar-refractivity contribution in [3.8, 4) is 11.1 Å². The van der Waals surface area contributed by atoms with Crippen LogP contribution in [0.5, 0.6) is 0 Å². The summed E-state index contributed by atoms with van der Waals surface area (Å²) in [5.74, 6) is 0.512. The highest BCUT2D eigenvalue weighted by molar-refractivity contribution is 6.01. The molecular weight excluding hydrogens is 533 g/mol. The second kappa shape index (κ2) is 12.6. The van der Waals surface area contributed by atoms with Crippen LogP contribution in [-0.4, -0.2) is 82.5 Å². The number of morpholine rings is 1. The Bertz CT molecular complexity index is 1320. The monoisotopic (exact) mass is 570 g/mol. The third-order valence-corrected chi connectivity index (χ3v) is 8.06. The van der Waals surface area contributed by atoms with Gasteiger partial charge in [0, 0.05) is 56.2 Å². The summed E-state index contributed by atoms with van der Waals surface area (Å²) in [6.07, 6.45) is 2.06. The highest BCUT2D eigenvalue weighted by Gasteiger charge is 2.34. The lowest BCUT2D eigenvalue weighted by atomic mass is 9.89. The van der Waals surface area contributed by atoms with Crippen LogP contribution in [0.15, 0.2) is 48.9 Å². The Morgan fingerprint density at radius 1 is 1.10 bits per heavy atom. The van der Waals surface area contributed by atoms with E-state index in [1.807, 2.05) is 47.1 Å². The normalized spacial score (nSPS) is 20.3. The molecule has 220 valence electrons. The second-order valence-electron chi connectivity index (χ2n) is 11.0. The molecule has 5 rings (SSSR count). The number of alkyl halides is 3. The summed E-state index contributed by atoms with van der Waals surface area (Å²) in [5, 5.41) is 7.73. The number of benzene rings is 1. The SMILES string of the molecule is Cc1ccc(-c2cnn(CCN3CCOCC3)c2)c(C(=O)N2CCC[C@H](C)[C@@H]2CNc2ccc(C(F)(F)F)cn2)c1. The summed E-state index contributed by atoms with van der Waals surface area (Å²) in [6.45, 7) is 10.1. The van der Waals surface area contributed by atoms with E-state index >= 15 is 0 Å². The number of hydrogen-bond donors (Lipinski definition) is 1. The maximum absolute atomic E-state index is 14.1. The van der Waals surface area contributed by atoms with Gasteiger partial charge in [-0.05, 0) is 49.4 Å². The zero-order valence-corrected chi connectivity index (χ0v) is 23.5. The number of amides is 1. The van der Waals surface area contributed by atoms with E-state index in [1.165, 1.54) is 6.07 Å². The molecule has 2 atom stereocenters. The third kappa shape index (κ3) is 7.08. The molecule has 2 fully saturated rings. The van der Waals surface area contributed by atoms with Crippen LogP contribution in [0.2, 0.25) is 0 Å². The van der Waals surface area contributed by atoms with Gasteiger partial charge in [0.25, 0.3) is 5.91 Å². The number of aryl methyl sites for hydroxylation is 1. The molecule has 11 heteroatoms. The summed E-state index contributed by atoms with van der Waals surface area (Å²) in [4.78, 5) is 22.3. The number of ether oxygens (including phenoxy) is 1. The molecule has 1 aromatic carbocycles. The van der Waals surface area contributed by atoms with Crippen molar-refractivity contribution in [3.05, 3.63) is 65.6 Å². The fraction of sp³-hybridized carbons (Fsp3) is 0.500. The number of carbonyl (C=O) groups excluding carboxylic acids is 1. The van der Waals surface area contributed by atoms with Gasteiger partial charge >= 0.3 is 6.18 Å². The van der Waals surface area contributed by atoms with E-state index in [9.17, 15) is 18.0 Å². The van der Waals surface area contributed by atoms with Crippen LogP contribution in [0.4, 0.5) is 19.0 Å². The molecule has 3 aromatic rings. The quantitative estimate of drug-likeness (QED) is 0.413. The lowest BCUT2D eigenvalue weighted by molar-refractivity contribution is -0.137. The Kier molecular flexibility index (Phi) is 8.94. The van der Waals surface area contributed by atoms with Crippen molar-refractivity contribution < 1.29 is 22.7 Å². The number of hydrogen-bond acceptors (Lipinski definition) is 6. The topological polar surface area (TPSA) is 75.5 Å². The van der Waals surface area contributed by atoms with Crippen molar-refractivity contribution in [2.45, 2.75) is 45.5 Å². The number of aromatic nitrogens is 3. The highest BCUT2D eigenvalue weighted by Crippen LogP contribution is 2.31.